The van der Waals surface area contributed by atoms with E-state index in [0.717, 1.165) is 15.5 Å². The van der Waals surface area contributed by atoms with E-state index in [2.05, 4.69) is 21.2 Å². The molecule has 2 aromatic rings. The van der Waals surface area contributed by atoms with Gasteiger partial charge in [0.15, 0.2) is 5.69 Å². The second-order valence-corrected chi connectivity index (χ2v) is 7.81. The standard InChI is InChI=1S/C20H25BrFN5O5/c1-4-7-26-18(23)17(25(12(2)28)8-9-32-3)19(30)27(20(26)31)11-16(29)24-15-6-5-13(21)10-14(15)22/h5-6,10H,4,7-9,11,23H2,1-3H3,(H,24,29). The molecule has 1 aromatic heterocycles. The Morgan fingerprint density at radius 2 is 1.97 bits per heavy atom. The Labute approximate surface area is 191 Å². The molecule has 0 aliphatic carbocycles. The van der Waals surface area contributed by atoms with E-state index in [0.29, 0.717) is 15.5 Å². The van der Waals surface area contributed by atoms with E-state index in [1.165, 1.54) is 26.2 Å². The van der Waals surface area contributed by atoms with Gasteiger partial charge < -0.3 is 20.7 Å². The van der Waals surface area contributed by atoms with Crippen LogP contribution in [0.15, 0.2) is 32.3 Å². The summed E-state index contributed by atoms with van der Waals surface area (Å²) >= 11 is 3.12. The van der Waals surface area contributed by atoms with Crippen LogP contribution in [0.25, 0.3) is 0 Å². The number of hydrogen-bond acceptors (Lipinski definition) is 6. The third kappa shape index (κ3) is 5.62. The molecule has 32 heavy (non-hydrogen) atoms. The number of benzene rings is 1. The molecule has 0 fully saturated rings. The topological polar surface area (TPSA) is 129 Å². The van der Waals surface area contributed by atoms with E-state index in [9.17, 15) is 23.6 Å². The lowest BCUT2D eigenvalue weighted by Crippen LogP contribution is -2.48. The molecular weight excluding hydrogens is 489 g/mol. The Hall–Kier alpha value is -2.99. The summed E-state index contributed by atoms with van der Waals surface area (Å²) in [4.78, 5) is 51.9. The van der Waals surface area contributed by atoms with Crippen molar-refractivity contribution in [3.05, 3.63) is 49.3 Å². The van der Waals surface area contributed by atoms with Gasteiger partial charge in [-0.1, -0.05) is 22.9 Å². The maximum atomic E-state index is 14.1. The molecule has 10 nitrogen and oxygen atoms in total. The summed E-state index contributed by atoms with van der Waals surface area (Å²) in [5, 5.41) is 2.34. The molecule has 0 saturated carbocycles. The lowest BCUT2D eigenvalue weighted by atomic mass is 10.3. The number of anilines is 3. The largest absolute Gasteiger partial charge is 0.383 e. The molecule has 12 heteroatoms. The van der Waals surface area contributed by atoms with Crippen molar-refractivity contribution in [3.8, 4) is 0 Å². The average molecular weight is 514 g/mol. The number of nitrogens with one attached hydrogen (secondary N) is 1. The van der Waals surface area contributed by atoms with Crippen molar-refractivity contribution >= 4 is 44.9 Å². The van der Waals surface area contributed by atoms with Gasteiger partial charge >= 0.3 is 5.69 Å². The van der Waals surface area contributed by atoms with Crippen LogP contribution in [0.4, 0.5) is 21.6 Å². The number of ether oxygens (including phenoxy) is 1. The van der Waals surface area contributed by atoms with Crippen molar-refractivity contribution in [2.75, 3.05) is 36.2 Å². The van der Waals surface area contributed by atoms with Crippen molar-refractivity contribution < 1.29 is 18.7 Å². The fourth-order valence-corrected chi connectivity index (χ4v) is 3.40. The van der Waals surface area contributed by atoms with Crippen LogP contribution >= 0.6 is 15.9 Å². The Morgan fingerprint density at radius 1 is 1.28 bits per heavy atom. The number of nitrogens with two attached hydrogens (primary N) is 1. The normalized spacial score (nSPS) is 10.8. The van der Waals surface area contributed by atoms with E-state index < -0.39 is 35.4 Å². The highest BCUT2D eigenvalue weighted by molar-refractivity contribution is 9.10. The summed E-state index contributed by atoms with van der Waals surface area (Å²) in [5.74, 6) is -2.15. The average Bonchev–Trinajstić information content (AvgIpc) is 2.72. The van der Waals surface area contributed by atoms with Crippen LogP contribution in [-0.4, -0.2) is 41.2 Å². The van der Waals surface area contributed by atoms with Gasteiger partial charge in [0.05, 0.1) is 12.3 Å². The van der Waals surface area contributed by atoms with Crippen molar-refractivity contribution in [1.82, 2.24) is 9.13 Å². The van der Waals surface area contributed by atoms with Crippen LogP contribution in [0.1, 0.15) is 20.3 Å². The summed E-state index contributed by atoms with van der Waals surface area (Å²) in [5.41, 5.74) is 4.06. The number of methoxy groups -OCH3 is 1. The highest BCUT2D eigenvalue weighted by Crippen LogP contribution is 2.20. The van der Waals surface area contributed by atoms with E-state index >= 15 is 0 Å². The van der Waals surface area contributed by atoms with Crippen molar-refractivity contribution in [3.63, 3.8) is 0 Å². The van der Waals surface area contributed by atoms with Crippen LogP contribution in [0, 0.1) is 5.82 Å². The number of carbonyl (C=O) groups excluding carboxylic acids is 2. The Morgan fingerprint density at radius 3 is 2.53 bits per heavy atom. The number of hydrogen-bond donors (Lipinski definition) is 2. The molecule has 0 atom stereocenters. The van der Waals surface area contributed by atoms with Gasteiger partial charge in [-0.25, -0.2) is 13.8 Å². The highest BCUT2D eigenvalue weighted by atomic mass is 79.9. The second-order valence-electron chi connectivity index (χ2n) is 6.90. The zero-order chi connectivity index (χ0) is 24.0. The fourth-order valence-electron chi connectivity index (χ4n) is 3.07. The van der Waals surface area contributed by atoms with Gasteiger partial charge in [-0.2, -0.15) is 0 Å². The summed E-state index contributed by atoms with van der Waals surface area (Å²) in [7, 11) is 1.43. The molecule has 0 unspecified atom stereocenters. The second kappa shape index (κ2) is 11.0. The van der Waals surface area contributed by atoms with Gasteiger partial charge in [-0.05, 0) is 24.6 Å². The minimum atomic E-state index is -0.905. The van der Waals surface area contributed by atoms with E-state index in [-0.39, 0.29) is 36.9 Å². The smallest absolute Gasteiger partial charge is 0.333 e. The minimum Gasteiger partial charge on any atom is -0.383 e. The fraction of sp³-hybridized carbons (Fsp3) is 0.400. The number of rotatable bonds is 9. The van der Waals surface area contributed by atoms with Crippen LogP contribution in [-0.2, 0) is 27.4 Å². The molecule has 174 valence electrons. The maximum Gasteiger partial charge on any atom is 0.333 e. The molecule has 0 aliphatic heterocycles. The quantitative estimate of drug-likeness (QED) is 0.523. The third-order valence-electron chi connectivity index (χ3n) is 4.57. The highest BCUT2D eigenvalue weighted by Gasteiger charge is 2.25. The van der Waals surface area contributed by atoms with Gasteiger partial charge in [0, 0.05) is 31.6 Å². The number of amides is 2. The summed E-state index contributed by atoms with van der Waals surface area (Å²) < 4.78 is 21.3. The van der Waals surface area contributed by atoms with Crippen molar-refractivity contribution in [1.29, 1.82) is 0 Å². The van der Waals surface area contributed by atoms with Gasteiger partial charge in [-0.3, -0.25) is 19.0 Å². The summed E-state index contributed by atoms with van der Waals surface area (Å²) in [6, 6.07) is 4.03. The number of nitrogen functional groups attached to an aromatic ring is 1. The number of nitrogens with zero attached hydrogens (tertiary/aromatic N) is 3. The monoisotopic (exact) mass is 513 g/mol. The van der Waals surface area contributed by atoms with Crippen molar-refractivity contribution in [2.45, 2.75) is 33.4 Å². The SMILES string of the molecule is CCCn1c(N)c(N(CCOC)C(C)=O)c(=O)n(CC(=O)Nc2ccc(Br)cc2F)c1=O. The molecule has 0 saturated heterocycles. The molecule has 0 bridgehead atoms. The number of aromatic nitrogens is 2. The van der Waals surface area contributed by atoms with E-state index in [1.54, 1.807) is 6.92 Å². The van der Waals surface area contributed by atoms with Crippen LogP contribution in [0.3, 0.4) is 0 Å². The first-order valence-electron chi connectivity index (χ1n) is 9.77. The van der Waals surface area contributed by atoms with E-state index in [4.69, 9.17) is 10.5 Å². The van der Waals surface area contributed by atoms with Crippen LogP contribution in [0.2, 0.25) is 0 Å². The Bertz CT molecular complexity index is 1130. The molecule has 2 rings (SSSR count). The van der Waals surface area contributed by atoms with Crippen LogP contribution < -0.4 is 27.2 Å². The maximum absolute atomic E-state index is 14.1. The molecule has 1 heterocycles. The Balaban J connectivity index is 2.54. The predicted octanol–water partition coefficient (Wildman–Crippen LogP) is 1.54. The molecule has 1 aromatic carbocycles. The van der Waals surface area contributed by atoms with Gasteiger partial charge in [-0.15, -0.1) is 0 Å². The zero-order valence-corrected chi connectivity index (χ0v) is 19.6. The first-order chi connectivity index (χ1) is 15.1. The zero-order valence-electron chi connectivity index (χ0n) is 18.0. The molecule has 0 spiro atoms. The summed E-state index contributed by atoms with van der Waals surface area (Å²) in [6.45, 7) is 2.66. The summed E-state index contributed by atoms with van der Waals surface area (Å²) in [6.07, 6.45) is 0.510. The van der Waals surface area contributed by atoms with Crippen LogP contribution in [0.5, 0.6) is 0 Å². The minimum absolute atomic E-state index is 0.0197. The van der Waals surface area contributed by atoms with Gasteiger partial charge in [0.1, 0.15) is 18.2 Å². The molecule has 3 N–H and O–H groups in total. The van der Waals surface area contributed by atoms with Gasteiger partial charge in [0.25, 0.3) is 5.56 Å². The molecule has 0 radical (unpaired) electrons. The first-order valence-corrected chi connectivity index (χ1v) is 10.6. The lowest BCUT2D eigenvalue weighted by molar-refractivity contribution is -0.117. The Kier molecular flexibility index (Phi) is 8.72. The third-order valence-corrected chi connectivity index (χ3v) is 5.06. The van der Waals surface area contributed by atoms with E-state index in [1.807, 2.05) is 0 Å². The molecular formula is C20H25BrFN5O5. The number of halogens is 2. The molecule has 0 aliphatic rings. The van der Waals surface area contributed by atoms with Crippen molar-refractivity contribution in [2.24, 2.45) is 0 Å². The first kappa shape index (κ1) is 25.3. The lowest BCUT2D eigenvalue weighted by Gasteiger charge is -2.24. The van der Waals surface area contributed by atoms with Gasteiger partial charge in [0.2, 0.25) is 11.8 Å². The molecule has 2 amide bonds. The number of carbonyl (C=O) groups is 2. The predicted molar refractivity (Wildman–Crippen MR) is 122 cm³/mol.